The maximum Gasteiger partial charge on any atom is 0.253 e. The molecule has 148 valence electrons. The zero-order chi connectivity index (χ0) is 19.7. The first-order valence-corrected chi connectivity index (χ1v) is 11.5. The van der Waals surface area contributed by atoms with E-state index in [0.717, 1.165) is 30.4 Å². The number of carbonyl (C=O) groups excluding carboxylic acids is 1. The third kappa shape index (κ3) is 3.81. The molecule has 2 aliphatic rings. The second kappa shape index (κ2) is 7.85. The van der Waals surface area contributed by atoms with Crippen LogP contribution >= 0.6 is 15.9 Å². The molecule has 0 aliphatic carbocycles. The Balaban J connectivity index is 1.62. The molecular weight excluding hydrogens is 444 g/mol. The molecule has 6 nitrogen and oxygen atoms in total. The van der Waals surface area contributed by atoms with Crippen LogP contribution < -0.4 is 4.74 Å². The first-order valence-electron chi connectivity index (χ1n) is 9.26. The molecule has 2 aromatic rings. The highest BCUT2D eigenvalue weighted by atomic mass is 79.9. The van der Waals surface area contributed by atoms with Crippen LogP contribution in [0.5, 0.6) is 5.75 Å². The molecule has 0 N–H and O–H groups in total. The Bertz CT molecular complexity index is 986. The molecule has 2 heterocycles. The molecule has 1 saturated heterocycles. The summed E-state index contributed by atoms with van der Waals surface area (Å²) in [6.07, 6.45) is 2.05. The van der Waals surface area contributed by atoms with Crippen LogP contribution in [-0.2, 0) is 16.6 Å². The lowest BCUT2D eigenvalue weighted by Gasteiger charge is -2.20. The quantitative estimate of drug-likeness (QED) is 0.698. The van der Waals surface area contributed by atoms with Gasteiger partial charge in [-0.3, -0.25) is 4.79 Å². The van der Waals surface area contributed by atoms with Crippen LogP contribution in [0.25, 0.3) is 0 Å². The van der Waals surface area contributed by atoms with Crippen LogP contribution in [0, 0.1) is 0 Å². The Morgan fingerprint density at radius 2 is 1.71 bits per heavy atom. The van der Waals surface area contributed by atoms with Gasteiger partial charge in [0.25, 0.3) is 5.91 Å². The summed E-state index contributed by atoms with van der Waals surface area (Å²) in [5, 5.41) is 0. The summed E-state index contributed by atoms with van der Waals surface area (Å²) < 4.78 is 34.1. The van der Waals surface area contributed by atoms with E-state index in [2.05, 4.69) is 15.9 Å². The molecule has 8 heteroatoms. The molecule has 0 aromatic heterocycles. The minimum absolute atomic E-state index is 0.00753. The van der Waals surface area contributed by atoms with E-state index >= 15 is 0 Å². The monoisotopic (exact) mass is 464 g/mol. The average Bonchev–Trinajstić information content (AvgIpc) is 3.13. The van der Waals surface area contributed by atoms with E-state index in [1.807, 2.05) is 4.90 Å². The Hall–Kier alpha value is -1.90. The van der Waals surface area contributed by atoms with E-state index in [9.17, 15) is 13.2 Å². The van der Waals surface area contributed by atoms with Crippen molar-refractivity contribution >= 4 is 31.9 Å². The molecule has 0 atom stereocenters. The van der Waals surface area contributed by atoms with Crippen molar-refractivity contribution in [2.24, 2.45) is 0 Å². The fourth-order valence-electron chi connectivity index (χ4n) is 3.57. The molecule has 1 amide bonds. The summed E-state index contributed by atoms with van der Waals surface area (Å²) in [6.45, 7) is 2.24. The molecule has 2 aliphatic heterocycles. The first-order chi connectivity index (χ1) is 13.4. The third-order valence-electron chi connectivity index (χ3n) is 5.10. The zero-order valence-electron chi connectivity index (χ0n) is 15.3. The normalized spacial score (nSPS) is 17.7. The van der Waals surface area contributed by atoms with Gasteiger partial charge in [-0.2, -0.15) is 4.31 Å². The second-order valence-corrected chi connectivity index (χ2v) is 9.82. The summed E-state index contributed by atoms with van der Waals surface area (Å²) in [6, 6.07) is 11.9. The minimum Gasteiger partial charge on any atom is -0.492 e. The maximum atomic E-state index is 13.1. The van der Waals surface area contributed by atoms with Gasteiger partial charge in [0.1, 0.15) is 12.4 Å². The Kier molecular flexibility index (Phi) is 5.44. The Morgan fingerprint density at radius 1 is 1.00 bits per heavy atom. The van der Waals surface area contributed by atoms with Crippen LogP contribution in [0.2, 0.25) is 0 Å². The van der Waals surface area contributed by atoms with Gasteiger partial charge in [0.15, 0.2) is 0 Å². The van der Waals surface area contributed by atoms with Gasteiger partial charge in [-0.1, -0.05) is 15.9 Å². The number of benzene rings is 2. The number of sulfonamides is 1. The number of carbonyl (C=O) groups is 1. The third-order valence-corrected chi connectivity index (χ3v) is 7.49. The van der Waals surface area contributed by atoms with E-state index in [-0.39, 0.29) is 30.5 Å². The summed E-state index contributed by atoms with van der Waals surface area (Å²) in [7, 11) is -3.66. The second-order valence-electron chi connectivity index (χ2n) is 6.96. The SMILES string of the molecule is O=C(c1ccc2c(c1)CN(S(=O)(=O)c1ccc(Br)cc1)CCO2)N1CCCC1. The molecule has 2 aromatic carbocycles. The summed E-state index contributed by atoms with van der Waals surface area (Å²) in [4.78, 5) is 14.8. The predicted octanol–water partition coefficient (Wildman–Crippen LogP) is 3.27. The van der Waals surface area contributed by atoms with Crippen molar-refractivity contribution in [1.82, 2.24) is 9.21 Å². The van der Waals surface area contributed by atoms with Crippen LogP contribution in [0.1, 0.15) is 28.8 Å². The van der Waals surface area contributed by atoms with Gasteiger partial charge in [0.05, 0.1) is 4.90 Å². The Morgan fingerprint density at radius 3 is 2.43 bits per heavy atom. The fraction of sp³-hybridized carbons (Fsp3) is 0.350. The number of amides is 1. The van der Waals surface area contributed by atoms with Crippen molar-refractivity contribution in [2.75, 3.05) is 26.2 Å². The van der Waals surface area contributed by atoms with Gasteiger partial charge in [0.2, 0.25) is 10.0 Å². The van der Waals surface area contributed by atoms with Crippen LogP contribution in [0.4, 0.5) is 0 Å². The van der Waals surface area contributed by atoms with Gasteiger partial charge in [-0.25, -0.2) is 8.42 Å². The molecule has 4 rings (SSSR count). The number of rotatable bonds is 3. The summed E-state index contributed by atoms with van der Waals surface area (Å²) >= 11 is 3.33. The van der Waals surface area contributed by atoms with Crippen LogP contribution in [0.15, 0.2) is 51.8 Å². The molecular formula is C20H21BrN2O4S. The lowest BCUT2D eigenvalue weighted by Crippen LogP contribution is -2.32. The molecule has 0 spiro atoms. The standard InChI is InChI=1S/C20H21BrN2O4S/c21-17-4-6-18(7-5-17)28(25,26)23-11-12-27-19-8-3-15(13-16(19)14-23)20(24)22-9-1-2-10-22/h3-8,13H,1-2,9-12,14H2. The van der Waals surface area contributed by atoms with Crippen molar-refractivity contribution in [3.63, 3.8) is 0 Å². The highest BCUT2D eigenvalue weighted by Crippen LogP contribution is 2.29. The molecule has 0 unspecified atom stereocenters. The van der Waals surface area contributed by atoms with Gasteiger partial charge in [0, 0.05) is 41.8 Å². The molecule has 0 radical (unpaired) electrons. The van der Waals surface area contributed by atoms with Crippen LogP contribution in [0.3, 0.4) is 0 Å². The molecule has 0 bridgehead atoms. The van der Waals surface area contributed by atoms with Gasteiger partial charge in [-0.15, -0.1) is 0 Å². The smallest absolute Gasteiger partial charge is 0.253 e. The largest absolute Gasteiger partial charge is 0.492 e. The van der Waals surface area contributed by atoms with E-state index in [0.29, 0.717) is 16.9 Å². The zero-order valence-corrected chi connectivity index (χ0v) is 17.7. The van der Waals surface area contributed by atoms with Crippen molar-refractivity contribution in [1.29, 1.82) is 0 Å². The van der Waals surface area contributed by atoms with E-state index in [4.69, 9.17) is 4.74 Å². The average molecular weight is 465 g/mol. The van der Waals surface area contributed by atoms with Crippen LogP contribution in [-0.4, -0.2) is 49.8 Å². The van der Waals surface area contributed by atoms with Crippen molar-refractivity contribution in [3.8, 4) is 5.75 Å². The van der Waals surface area contributed by atoms with Crippen molar-refractivity contribution in [2.45, 2.75) is 24.3 Å². The first kappa shape index (κ1) is 19.4. The highest BCUT2D eigenvalue weighted by molar-refractivity contribution is 9.10. The van der Waals surface area contributed by atoms with Gasteiger partial charge < -0.3 is 9.64 Å². The fourth-order valence-corrected chi connectivity index (χ4v) is 5.23. The van der Waals surface area contributed by atoms with Crippen molar-refractivity contribution in [3.05, 3.63) is 58.1 Å². The minimum atomic E-state index is -3.66. The van der Waals surface area contributed by atoms with E-state index in [1.165, 1.54) is 4.31 Å². The Labute approximate surface area is 173 Å². The van der Waals surface area contributed by atoms with E-state index < -0.39 is 10.0 Å². The van der Waals surface area contributed by atoms with Gasteiger partial charge >= 0.3 is 0 Å². The lowest BCUT2D eigenvalue weighted by atomic mass is 10.1. The lowest BCUT2D eigenvalue weighted by molar-refractivity contribution is 0.0792. The summed E-state index contributed by atoms with van der Waals surface area (Å²) in [5.74, 6) is 0.623. The highest BCUT2D eigenvalue weighted by Gasteiger charge is 2.28. The molecule has 28 heavy (non-hydrogen) atoms. The van der Waals surface area contributed by atoms with Gasteiger partial charge in [-0.05, 0) is 55.3 Å². The van der Waals surface area contributed by atoms with Crippen molar-refractivity contribution < 1.29 is 17.9 Å². The van der Waals surface area contributed by atoms with E-state index in [1.54, 1.807) is 42.5 Å². The predicted molar refractivity (Wildman–Crippen MR) is 109 cm³/mol. The number of ether oxygens (including phenoxy) is 1. The number of hydrogen-bond donors (Lipinski definition) is 0. The molecule has 0 saturated carbocycles. The number of fused-ring (bicyclic) bond motifs is 1. The number of halogens is 1. The number of likely N-dealkylation sites (tertiary alicyclic amines) is 1. The topological polar surface area (TPSA) is 66.9 Å². The number of nitrogens with zero attached hydrogens (tertiary/aromatic N) is 2. The number of hydrogen-bond acceptors (Lipinski definition) is 4. The molecule has 1 fully saturated rings. The maximum absolute atomic E-state index is 13.1. The summed E-state index contributed by atoms with van der Waals surface area (Å²) in [5.41, 5.74) is 1.29.